The van der Waals surface area contributed by atoms with E-state index in [2.05, 4.69) is 5.32 Å². The van der Waals surface area contributed by atoms with Crippen LogP contribution in [0.3, 0.4) is 0 Å². The van der Waals surface area contributed by atoms with Crippen LogP contribution in [0.15, 0.2) is 6.07 Å². The minimum Gasteiger partial charge on any atom is -0.489 e. The lowest BCUT2D eigenvalue weighted by atomic mass is 10.1. The highest BCUT2D eigenvalue weighted by Gasteiger charge is 2.20. The van der Waals surface area contributed by atoms with Crippen LogP contribution in [0.1, 0.15) is 26.3 Å². The molecule has 1 aromatic rings. The summed E-state index contributed by atoms with van der Waals surface area (Å²) in [6.07, 6.45) is 0. The summed E-state index contributed by atoms with van der Waals surface area (Å²) in [5.41, 5.74) is 0.959. The molecule has 0 aliphatic rings. The lowest BCUT2D eigenvalue weighted by Gasteiger charge is -2.19. The molecule has 0 saturated heterocycles. The highest BCUT2D eigenvalue weighted by atomic mass is 35.5. The highest BCUT2D eigenvalue weighted by molar-refractivity contribution is 6.32. The SMILES string of the molecule is CCOc1c(Cl)cc(CNC)c(OCC)c1OCC. The molecule has 0 atom stereocenters. The third-order valence-corrected chi connectivity index (χ3v) is 2.74. The lowest BCUT2D eigenvalue weighted by molar-refractivity contribution is 0.259. The zero-order valence-corrected chi connectivity index (χ0v) is 12.8. The van der Waals surface area contributed by atoms with Crippen molar-refractivity contribution in [2.24, 2.45) is 0 Å². The van der Waals surface area contributed by atoms with E-state index in [1.807, 2.05) is 33.9 Å². The Labute approximate surface area is 120 Å². The normalized spacial score (nSPS) is 10.4. The van der Waals surface area contributed by atoms with Gasteiger partial charge in [-0.05, 0) is 33.9 Å². The first kappa shape index (κ1) is 15.9. The number of rotatable bonds is 8. The van der Waals surface area contributed by atoms with Crippen LogP contribution in [0.2, 0.25) is 5.02 Å². The van der Waals surface area contributed by atoms with Crippen LogP contribution < -0.4 is 19.5 Å². The molecule has 0 aromatic heterocycles. The number of hydrogen-bond acceptors (Lipinski definition) is 4. The van der Waals surface area contributed by atoms with E-state index in [1.165, 1.54) is 0 Å². The number of halogens is 1. The van der Waals surface area contributed by atoms with Gasteiger partial charge in [0.25, 0.3) is 0 Å². The summed E-state index contributed by atoms with van der Waals surface area (Å²) in [5.74, 6) is 1.84. The second-order valence-electron chi connectivity index (χ2n) is 3.83. The minimum atomic E-state index is 0.525. The molecule has 1 aromatic carbocycles. The van der Waals surface area contributed by atoms with Gasteiger partial charge in [0.05, 0.1) is 24.8 Å². The van der Waals surface area contributed by atoms with Gasteiger partial charge in [-0.3, -0.25) is 0 Å². The summed E-state index contributed by atoms with van der Waals surface area (Å²) in [4.78, 5) is 0. The Kier molecular flexibility index (Phi) is 6.81. The molecule has 0 unspecified atom stereocenters. The number of ether oxygens (including phenoxy) is 3. The third kappa shape index (κ3) is 3.91. The van der Waals surface area contributed by atoms with Crippen LogP contribution in [0, 0.1) is 0 Å². The van der Waals surface area contributed by atoms with Gasteiger partial charge < -0.3 is 19.5 Å². The third-order valence-electron chi connectivity index (χ3n) is 2.46. The molecule has 0 aliphatic carbocycles. The zero-order valence-electron chi connectivity index (χ0n) is 12.0. The fourth-order valence-electron chi connectivity index (χ4n) is 1.82. The van der Waals surface area contributed by atoms with E-state index >= 15 is 0 Å². The van der Waals surface area contributed by atoms with Crippen LogP contribution in [0.25, 0.3) is 0 Å². The van der Waals surface area contributed by atoms with Crippen molar-refractivity contribution in [3.63, 3.8) is 0 Å². The molecule has 4 nitrogen and oxygen atoms in total. The molecule has 0 aliphatic heterocycles. The van der Waals surface area contributed by atoms with Gasteiger partial charge in [-0.25, -0.2) is 0 Å². The predicted octanol–water partition coefficient (Wildman–Crippen LogP) is 3.26. The molecule has 0 radical (unpaired) electrons. The van der Waals surface area contributed by atoms with Gasteiger partial charge in [0.15, 0.2) is 11.5 Å². The molecule has 0 bridgehead atoms. The molecule has 108 valence electrons. The van der Waals surface area contributed by atoms with Crippen molar-refractivity contribution in [3.05, 3.63) is 16.7 Å². The Bertz CT molecular complexity index is 410. The lowest BCUT2D eigenvalue weighted by Crippen LogP contribution is -2.10. The average molecular weight is 288 g/mol. The van der Waals surface area contributed by atoms with E-state index in [0.29, 0.717) is 48.6 Å². The first-order valence-corrected chi connectivity index (χ1v) is 6.95. The van der Waals surface area contributed by atoms with E-state index in [0.717, 1.165) is 5.56 Å². The van der Waals surface area contributed by atoms with E-state index in [-0.39, 0.29) is 0 Å². The van der Waals surface area contributed by atoms with Crippen molar-refractivity contribution >= 4 is 11.6 Å². The van der Waals surface area contributed by atoms with Gasteiger partial charge in [-0.15, -0.1) is 0 Å². The Balaban J connectivity index is 3.35. The van der Waals surface area contributed by atoms with E-state index in [9.17, 15) is 0 Å². The summed E-state index contributed by atoms with van der Waals surface area (Å²) in [6, 6.07) is 1.86. The van der Waals surface area contributed by atoms with Crippen LogP contribution in [0.5, 0.6) is 17.2 Å². The average Bonchev–Trinajstić information content (AvgIpc) is 2.38. The topological polar surface area (TPSA) is 39.7 Å². The fraction of sp³-hybridized carbons (Fsp3) is 0.571. The maximum Gasteiger partial charge on any atom is 0.205 e. The van der Waals surface area contributed by atoms with E-state index in [4.69, 9.17) is 25.8 Å². The molecule has 0 amide bonds. The van der Waals surface area contributed by atoms with Gasteiger partial charge in [0, 0.05) is 12.1 Å². The van der Waals surface area contributed by atoms with Gasteiger partial charge >= 0.3 is 0 Å². The van der Waals surface area contributed by atoms with Gasteiger partial charge in [0.2, 0.25) is 5.75 Å². The minimum absolute atomic E-state index is 0.525. The molecule has 19 heavy (non-hydrogen) atoms. The van der Waals surface area contributed by atoms with Crippen molar-refractivity contribution < 1.29 is 14.2 Å². The smallest absolute Gasteiger partial charge is 0.205 e. The molecule has 0 fully saturated rings. The summed E-state index contributed by atoms with van der Waals surface area (Å²) in [5, 5.41) is 3.64. The summed E-state index contributed by atoms with van der Waals surface area (Å²) in [6.45, 7) is 8.04. The van der Waals surface area contributed by atoms with Gasteiger partial charge in [0.1, 0.15) is 0 Å². The summed E-state index contributed by atoms with van der Waals surface area (Å²) >= 11 is 6.27. The number of nitrogens with one attached hydrogen (secondary N) is 1. The maximum atomic E-state index is 6.27. The standard InChI is InChI=1S/C14H22ClNO3/c1-5-17-12-10(9-16-4)8-11(15)13(18-6-2)14(12)19-7-3/h8,16H,5-7,9H2,1-4H3. The van der Waals surface area contributed by atoms with Crippen molar-refractivity contribution in [2.75, 3.05) is 26.9 Å². The fourth-order valence-corrected chi connectivity index (χ4v) is 2.09. The maximum absolute atomic E-state index is 6.27. The van der Waals surface area contributed by atoms with Crippen LogP contribution in [-0.2, 0) is 6.54 Å². The van der Waals surface area contributed by atoms with Crippen LogP contribution in [-0.4, -0.2) is 26.9 Å². The Morgan fingerprint density at radius 2 is 1.47 bits per heavy atom. The van der Waals surface area contributed by atoms with Crippen LogP contribution >= 0.6 is 11.6 Å². The van der Waals surface area contributed by atoms with Gasteiger partial charge in [-0.2, -0.15) is 0 Å². The molecule has 0 saturated carbocycles. The van der Waals surface area contributed by atoms with E-state index < -0.39 is 0 Å². The molecule has 1 N–H and O–H groups in total. The number of benzene rings is 1. The molecule has 1 rings (SSSR count). The largest absolute Gasteiger partial charge is 0.489 e. The molecular weight excluding hydrogens is 266 g/mol. The second-order valence-corrected chi connectivity index (χ2v) is 4.24. The molecule has 0 heterocycles. The molecule has 5 heteroatoms. The first-order valence-electron chi connectivity index (χ1n) is 6.57. The van der Waals surface area contributed by atoms with E-state index in [1.54, 1.807) is 0 Å². The van der Waals surface area contributed by atoms with Crippen molar-refractivity contribution in [1.82, 2.24) is 5.32 Å². The monoisotopic (exact) mass is 287 g/mol. The van der Waals surface area contributed by atoms with Gasteiger partial charge in [-0.1, -0.05) is 11.6 Å². The quantitative estimate of drug-likeness (QED) is 0.797. The highest BCUT2D eigenvalue weighted by Crippen LogP contribution is 2.45. The second kappa shape index (κ2) is 8.12. The summed E-state index contributed by atoms with van der Waals surface area (Å²) < 4.78 is 17.0. The van der Waals surface area contributed by atoms with Crippen molar-refractivity contribution in [2.45, 2.75) is 27.3 Å². The Morgan fingerprint density at radius 3 is 2.00 bits per heavy atom. The van der Waals surface area contributed by atoms with Crippen molar-refractivity contribution in [3.8, 4) is 17.2 Å². The number of hydrogen-bond donors (Lipinski definition) is 1. The Hall–Kier alpha value is -1.13. The van der Waals surface area contributed by atoms with Crippen LogP contribution in [0.4, 0.5) is 0 Å². The zero-order chi connectivity index (χ0) is 14.3. The first-order chi connectivity index (χ1) is 9.19. The molecule has 0 spiro atoms. The predicted molar refractivity (Wildman–Crippen MR) is 77.7 cm³/mol. The van der Waals surface area contributed by atoms with Crippen molar-refractivity contribution in [1.29, 1.82) is 0 Å². The molecular formula is C14H22ClNO3. The Morgan fingerprint density at radius 1 is 0.947 bits per heavy atom. The summed E-state index contributed by atoms with van der Waals surface area (Å²) in [7, 11) is 1.88.